The highest BCUT2D eigenvalue weighted by atomic mass is 19.4. The third kappa shape index (κ3) is 5.04. The van der Waals surface area contributed by atoms with Gasteiger partial charge in [0.15, 0.2) is 0 Å². The molecular formula is C11H10F5NO4. The highest BCUT2D eigenvalue weighted by Gasteiger charge is 2.35. The number of ether oxygens (including phenoxy) is 2. The number of hydrogen-bond donors (Lipinski definition) is 1. The van der Waals surface area contributed by atoms with Crippen LogP contribution in [0.3, 0.4) is 0 Å². The summed E-state index contributed by atoms with van der Waals surface area (Å²) in [4.78, 5) is 14.3. The first-order valence-electron chi connectivity index (χ1n) is 5.56. The van der Waals surface area contributed by atoms with Crippen LogP contribution >= 0.6 is 0 Å². The smallest absolute Gasteiger partial charge is 0.506 e. The van der Waals surface area contributed by atoms with Gasteiger partial charge >= 0.3 is 12.3 Å². The molecule has 0 saturated heterocycles. The lowest BCUT2D eigenvalue weighted by Gasteiger charge is -2.14. The monoisotopic (exact) mass is 315 g/mol. The number of rotatable bonds is 5. The topological polar surface area (TPSA) is 68.7 Å². The number of aromatic nitrogens is 1. The van der Waals surface area contributed by atoms with E-state index in [1.54, 1.807) is 0 Å². The molecule has 5 nitrogen and oxygen atoms in total. The molecule has 0 aliphatic carbocycles. The van der Waals surface area contributed by atoms with Gasteiger partial charge in [0.25, 0.3) is 6.43 Å². The van der Waals surface area contributed by atoms with Gasteiger partial charge in [-0.2, -0.15) is 0 Å². The Morgan fingerprint density at radius 1 is 1.43 bits per heavy atom. The maximum Gasteiger partial charge on any atom is 0.574 e. The van der Waals surface area contributed by atoms with Crippen molar-refractivity contribution in [2.45, 2.75) is 26.1 Å². The van der Waals surface area contributed by atoms with Gasteiger partial charge in [0, 0.05) is 0 Å². The van der Waals surface area contributed by atoms with Crippen molar-refractivity contribution in [2.24, 2.45) is 0 Å². The minimum atomic E-state index is -5.24. The minimum absolute atomic E-state index is 0.000616. The molecule has 0 amide bonds. The van der Waals surface area contributed by atoms with Crippen LogP contribution in [0.2, 0.25) is 0 Å². The first-order valence-corrected chi connectivity index (χ1v) is 5.56. The molecule has 0 aliphatic heterocycles. The fourth-order valence-corrected chi connectivity index (χ4v) is 1.36. The van der Waals surface area contributed by atoms with Crippen LogP contribution in [0.4, 0.5) is 22.0 Å². The largest absolute Gasteiger partial charge is 0.574 e. The lowest BCUT2D eigenvalue weighted by Crippen LogP contribution is -2.20. The molecule has 10 heteroatoms. The van der Waals surface area contributed by atoms with Crippen LogP contribution in [0.5, 0.6) is 11.6 Å². The summed E-state index contributed by atoms with van der Waals surface area (Å²) in [7, 11) is 0. The van der Waals surface area contributed by atoms with Crippen molar-refractivity contribution in [3.63, 3.8) is 0 Å². The molecule has 1 rings (SSSR count). The molecule has 0 bridgehead atoms. The second-order valence-electron chi connectivity index (χ2n) is 3.68. The summed E-state index contributed by atoms with van der Waals surface area (Å²) >= 11 is 0. The predicted octanol–water partition coefficient (Wildman–Crippen LogP) is 2.73. The lowest BCUT2D eigenvalue weighted by atomic mass is 10.2. The Kier molecular flexibility index (Phi) is 5.28. The van der Waals surface area contributed by atoms with Gasteiger partial charge in [-0.25, -0.2) is 13.8 Å². The number of aromatic hydroxyl groups is 1. The van der Waals surface area contributed by atoms with Crippen molar-refractivity contribution >= 4 is 5.97 Å². The molecule has 118 valence electrons. The van der Waals surface area contributed by atoms with Gasteiger partial charge in [0.05, 0.1) is 24.3 Å². The van der Waals surface area contributed by atoms with Gasteiger partial charge in [-0.1, -0.05) is 0 Å². The van der Waals surface area contributed by atoms with E-state index in [1.807, 2.05) is 0 Å². The number of esters is 1. The third-order valence-electron chi connectivity index (χ3n) is 2.14. The van der Waals surface area contributed by atoms with Gasteiger partial charge < -0.3 is 14.6 Å². The van der Waals surface area contributed by atoms with Crippen LogP contribution < -0.4 is 4.74 Å². The molecule has 0 atom stereocenters. The summed E-state index contributed by atoms with van der Waals surface area (Å²) in [5.74, 6) is -3.16. The summed E-state index contributed by atoms with van der Waals surface area (Å²) in [6.45, 7) is 1.49. The Balaban J connectivity index is 3.17. The van der Waals surface area contributed by atoms with Gasteiger partial charge in [0.2, 0.25) is 5.88 Å². The Morgan fingerprint density at radius 2 is 2.05 bits per heavy atom. The van der Waals surface area contributed by atoms with Crippen LogP contribution in [-0.2, 0) is 16.0 Å². The third-order valence-corrected chi connectivity index (χ3v) is 2.14. The number of nitrogens with zero attached hydrogens (tertiary/aromatic N) is 1. The summed E-state index contributed by atoms with van der Waals surface area (Å²) < 4.78 is 69.5. The van der Waals surface area contributed by atoms with Gasteiger partial charge in [-0.3, -0.25) is 4.79 Å². The van der Waals surface area contributed by atoms with Crippen molar-refractivity contribution in [3.8, 4) is 11.6 Å². The summed E-state index contributed by atoms with van der Waals surface area (Å²) in [5, 5.41) is 9.44. The Hall–Kier alpha value is -2.13. The van der Waals surface area contributed by atoms with Crippen molar-refractivity contribution in [3.05, 3.63) is 17.3 Å². The standard InChI is InChI=1S/C11H10F5NO4/c1-2-20-8(19)4-6-7(18)3-5(9(12)13)10(17-6)21-11(14,15)16/h3,9,18H,2,4H2,1H3. The molecule has 1 aromatic heterocycles. The second-order valence-corrected chi connectivity index (χ2v) is 3.68. The maximum absolute atomic E-state index is 12.6. The van der Waals surface area contributed by atoms with E-state index in [2.05, 4.69) is 14.5 Å². The number of alkyl halides is 5. The molecule has 0 spiro atoms. The van der Waals surface area contributed by atoms with E-state index in [9.17, 15) is 31.9 Å². The van der Waals surface area contributed by atoms with E-state index in [1.165, 1.54) is 6.92 Å². The van der Waals surface area contributed by atoms with E-state index < -0.39 is 48.1 Å². The zero-order valence-corrected chi connectivity index (χ0v) is 10.6. The molecule has 0 radical (unpaired) electrons. The van der Waals surface area contributed by atoms with E-state index >= 15 is 0 Å². The van der Waals surface area contributed by atoms with Crippen LogP contribution in [0.1, 0.15) is 24.6 Å². The molecule has 21 heavy (non-hydrogen) atoms. The Morgan fingerprint density at radius 3 is 2.52 bits per heavy atom. The average Bonchev–Trinajstić information content (AvgIpc) is 2.31. The molecule has 0 unspecified atom stereocenters. The van der Waals surface area contributed by atoms with Gasteiger partial charge in [-0.15, -0.1) is 13.2 Å². The molecule has 0 saturated carbocycles. The highest BCUT2D eigenvalue weighted by Crippen LogP contribution is 2.35. The molecule has 0 fully saturated rings. The van der Waals surface area contributed by atoms with Crippen molar-refractivity contribution in [1.82, 2.24) is 4.98 Å². The predicted molar refractivity (Wildman–Crippen MR) is 57.9 cm³/mol. The molecule has 1 heterocycles. The number of hydrogen-bond acceptors (Lipinski definition) is 5. The summed E-state index contributed by atoms with van der Waals surface area (Å²) in [6, 6.07) is 0.368. The lowest BCUT2D eigenvalue weighted by molar-refractivity contribution is -0.276. The van der Waals surface area contributed by atoms with E-state index in [4.69, 9.17) is 0 Å². The summed E-state index contributed by atoms with van der Waals surface area (Å²) in [5.41, 5.74) is -1.80. The van der Waals surface area contributed by atoms with Crippen molar-refractivity contribution in [2.75, 3.05) is 6.61 Å². The quantitative estimate of drug-likeness (QED) is 0.668. The van der Waals surface area contributed by atoms with E-state index in [0.717, 1.165) is 0 Å². The number of carbonyl (C=O) groups is 1. The first kappa shape index (κ1) is 16.9. The first-order chi connectivity index (χ1) is 9.64. The molecule has 0 aromatic carbocycles. The van der Waals surface area contributed by atoms with E-state index in [0.29, 0.717) is 6.07 Å². The Bertz CT molecular complexity index is 518. The highest BCUT2D eigenvalue weighted by molar-refractivity contribution is 5.73. The SMILES string of the molecule is CCOC(=O)Cc1nc(OC(F)(F)F)c(C(F)F)cc1O. The molecule has 0 aliphatic rings. The van der Waals surface area contributed by atoms with Crippen molar-refractivity contribution < 1.29 is 41.3 Å². The average molecular weight is 315 g/mol. The molecule has 1 N–H and O–H groups in total. The minimum Gasteiger partial charge on any atom is -0.506 e. The van der Waals surface area contributed by atoms with Crippen LogP contribution in [-0.4, -0.2) is 29.0 Å². The second kappa shape index (κ2) is 6.55. The molecular weight excluding hydrogens is 305 g/mol. The zero-order valence-electron chi connectivity index (χ0n) is 10.6. The maximum atomic E-state index is 12.6. The van der Waals surface area contributed by atoms with Crippen LogP contribution in [0, 0.1) is 0 Å². The van der Waals surface area contributed by atoms with Gasteiger partial charge in [0.1, 0.15) is 5.75 Å². The fraction of sp³-hybridized carbons (Fsp3) is 0.455. The van der Waals surface area contributed by atoms with Crippen LogP contribution in [0.15, 0.2) is 6.07 Å². The number of carbonyl (C=O) groups excluding carboxylic acids is 1. The van der Waals surface area contributed by atoms with Crippen molar-refractivity contribution in [1.29, 1.82) is 0 Å². The van der Waals surface area contributed by atoms with Crippen LogP contribution in [0.25, 0.3) is 0 Å². The normalized spacial score (nSPS) is 11.6. The molecule has 1 aromatic rings. The van der Waals surface area contributed by atoms with E-state index in [-0.39, 0.29) is 6.61 Å². The summed E-state index contributed by atoms with van der Waals surface area (Å²) in [6.07, 6.45) is -9.27. The fourth-order valence-electron chi connectivity index (χ4n) is 1.36. The number of pyridine rings is 1. The van der Waals surface area contributed by atoms with Gasteiger partial charge in [-0.05, 0) is 13.0 Å². The zero-order chi connectivity index (χ0) is 16.2. The number of halogens is 5. The Labute approximate surface area is 115 Å².